The molecule has 0 radical (unpaired) electrons. The third-order valence-electron chi connectivity index (χ3n) is 2.58. The maximum atomic E-state index is 12.1. The molecule has 1 aromatic carbocycles. The van der Waals surface area contributed by atoms with Crippen molar-refractivity contribution in [3.05, 3.63) is 29.8 Å². The van der Waals surface area contributed by atoms with Crippen LogP contribution in [0.5, 0.6) is 0 Å². The van der Waals surface area contributed by atoms with Gasteiger partial charge in [0, 0.05) is 31.9 Å². The fourth-order valence-electron chi connectivity index (χ4n) is 1.52. The number of terminal acetylenes is 1. The molecule has 1 rings (SSSR count). The minimum atomic E-state index is -0.0178. The van der Waals surface area contributed by atoms with E-state index in [1.54, 1.807) is 4.90 Å². The number of nitrogens with zero attached hydrogens (tertiary/aromatic N) is 2. The standard InChI is InChI=1S/C14H18N2O/c1-5-11-16(6-2)14(17)12-7-9-13(10-8-12)15(3)4/h1,7-10H,6,11H2,2-4H3. The number of hydrogen-bond donors (Lipinski definition) is 0. The van der Waals surface area contributed by atoms with Gasteiger partial charge in [0.15, 0.2) is 0 Å². The monoisotopic (exact) mass is 230 g/mol. The lowest BCUT2D eigenvalue weighted by atomic mass is 10.1. The first-order chi connectivity index (χ1) is 8.10. The molecule has 90 valence electrons. The molecule has 1 aromatic rings. The van der Waals surface area contributed by atoms with Crippen molar-refractivity contribution in [2.75, 3.05) is 32.1 Å². The van der Waals surface area contributed by atoms with Gasteiger partial charge in [0.2, 0.25) is 0 Å². The number of rotatable bonds is 4. The van der Waals surface area contributed by atoms with Gasteiger partial charge in [-0.3, -0.25) is 4.79 Å². The van der Waals surface area contributed by atoms with Crippen LogP contribution < -0.4 is 4.90 Å². The Morgan fingerprint density at radius 1 is 1.29 bits per heavy atom. The van der Waals surface area contributed by atoms with Crippen molar-refractivity contribution in [1.82, 2.24) is 4.90 Å². The van der Waals surface area contributed by atoms with Gasteiger partial charge in [-0.25, -0.2) is 0 Å². The first kappa shape index (κ1) is 13.1. The molecule has 1 amide bonds. The van der Waals surface area contributed by atoms with Crippen LogP contribution in [-0.2, 0) is 0 Å². The van der Waals surface area contributed by atoms with Crippen molar-refractivity contribution < 1.29 is 4.79 Å². The van der Waals surface area contributed by atoms with Crippen LogP contribution in [0, 0.1) is 12.3 Å². The third kappa shape index (κ3) is 3.25. The lowest BCUT2D eigenvalue weighted by Gasteiger charge is -2.18. The summed E-state index contributed by atoms with van der Waals surface area (Å²) in [7, 11) is 3.93. The second-order valence-electron chi connectivity index (χ2n) is 3.96. The molecule has 17 heavy (non-hydrogen) atoms. The second-order valence-corrected chi connectivity index (χ2v) is 3.96. The number of carbonyl (C=O) groups excluding carboxylic acids is 1. The van der Waals surface area contributed by atoms with Crippen molar-refractivity contribution in [3.63, 3.8) is 0 Å². The quantitative estimate of drug-likeness (QED) is 0.737. The lowest BCUT2D eigenvalue weighted by Crippen LogP contribution is -2.31. The summed E-state index contributed by atoms with van der Waals surface area (Å²) >= 11 is 0. The van der Waals surface area contributed by atoms with Crippen LogP contribution in [-0.4, -0.2) is 38.0 Å². The molecule has 0 aliphatic carbocycles. The number of amides is 1. The molecule has 3 heteroatoms. The van der Waals surface area contributed by atoms with E-state index in [-0.39, 0.29) is 5.91 Å². The van der Waals surface area contributed by atoms with Crippen molar-refractivity contribution in [3.8, 4) is 12.3 Å². The predicted octanol–water partition coefficient (Wildman–Crippen LogP) is 1.85. The number of carbonyl (C=O) groups is 1. The largest absolute Gasteiger partial charge is 0.378 e. The van der Waals surface area contributed by atoms with Gasteiger partial charge in [-0.2, -0.15) is 0 Å². The van der Waals surface area contributed by atoms with Crippen molar-refractivity contribution in [2.45, 2.75) is 6.92 Å². The molecule has 0 fully saturated rings. The Balaban J connectivity index is 2.86. The molecule has 0 N–H and O–H groups in total. The van der Waals surface area contributed by atoms with Gasteiger partial charge in [0.1, 0.15) is 0 Å². The fourth-order valence-corrected chi connectivity index (χ4v) is 1.52. The van der Waals surface area contributed by atoms with E-state index in [0.29, 0.717) is 18.7 Å². The van der Waals surface area contributed by atoms with Gasteiger partial charge < -0.3 is 9.80 Å². The summed E-state index contributed by atoms with van der Waals surface area (Å²) < 4.78 is 0. The Kier molecular flexibility index (Phi) is 4.59. The molecule has 0 saturated carbocycles. The Morgan fingerprint density at radius 3 is 2.29 bits per heavy atom. The average molecular weight is 230 g/mol. The molecule has 0 aromatic heterocycles. The van der Waals surface area contributed by atoms with E-state index in [1.807, 2.05) is 50.2 Å². The van der Waals surface area contributed by atoms with Gasteiger partial charge in [-0.1, -0.05) is 5.92 Å². The zero-order valence-electron chi connectivity index (χ0n) is 10.6. The minimum Gasteiger partial charge on any atom is -0.378 e. The van der Waals surface area contributed by atoms with E-state index < -0.39 is 0 Å². The second kappa shape index (κ2) is 5.95. The van der Waals surface area contributed by atoms with E-state index in [9.17, 15) is 4.79 Å². The molecule has 0 heterocycles. The van der Waals surface area contributed by atoms with Gasteiger partial charge in [0.25, 0.3) is 5.91 Å². The maximum Gasteiger partial charge on any atom is 0.254 e. The highest BCUT2D eigenvalue weighted by Gasteiger charge is 2.12. The molecular formula is C14H18N2O. The van der Waals surface area contributed by atoms with E-state index in [0.717, 1.165) is 5.69 Å². The molecule has 0 spiro atoms. The Morgan fingerprint density at radius 2 is 1.88 bits per heavy atom. The first-order valence-electron chi connectivity index (χ1n) is 5.60. The Labute approximate surface area is 103 Å². The molecule has 0 saturated heterocycles. The molecule has 0 atom stereocenters. The summed E-state index contributed by atoms with van der Waals surface area (Å²) in [4.78, 5) is 15.7. The predicted molar refractivity (Wildman–Crippen MR) is 71.2 cm³/mol. The fraction of sp³-hybridized carbons (Fsp3) is 0.357. The normalized spacial score (nSPS) is 9.53. The first-order valence-corrected chi connectivity index (χ1v) is 5.60. The molecule has 0 aliphatic rings. The van der Waals surface area contributed by atoms with Crippen LogP contribution in [0.1, 0.15) is 17.3 Å². The zero-order valence-corrected chi connectivity index (χ0v) is 10.6. The molecule has 0 unspecified atom stereocenters. The SMILES string of the molecule is C#CCN(CC)C(=O)c1ccc(N(C)C)cc1. The summed E-state index contributed by atoms with van der Waals surface area (Å²) in [5.74, 6) is 2.48. The number of benzene rings is 1. The van der Waals surface area contributed by atoms with E-state index in [1.165, 1.54) is 0 Å². The summed E-state index contributed by atoms with van der Waals surface area (Å²) in [5.41, 5.74) is 1.74. The minimum absolute atomic E-state index is 0.0178. The molecular weight excluding hydrogens is 212 g/mol. The highest BCUT2D eigenvalue weighted by atomic mass is 16.2. The molecule has 3 nitrogen and oxygen atoms in total. The smallest absolute Gasteiger partial charge is 0.254 e. The summed E-state index contributed by atoms with van der Waals surface area (Å²) in [6, 6.07) is 7.52. The van der Waals surface area contributed by atoms with Gasteiger partial charge in [0.05, 0.1) is 6.54 Å². The topological polar surface area (TPSA) is 23.6 Å². The average Bonchev–Trinajstić information content (AvgIpc) is 2.35. The van der Waals surface area contributed by atoms with Crippen LogP contribution in [0.2, 0.25) is 0 Å². The Bertz CT molecular complexity index is 415. The third-order valence-corrected chi connectivity index (χ3v) is 2.58. The van der Waals surface area contributed by atoms with E-state index in [4.69, 9.17) is 6.42 Å². The summed E-state index contributed by atoms with van der Waals surface area (Å²) in [6.45, 7) is 2.90. The summed E-state index contributed by atoms with van der Waals surface area (Å²) in [6.07, 6.45) is 5.23. The summed E-state index contributed by atoms with van der Waals surface area (Å²) in [5, 5.41) is 0. The van der Waals surface area contributed by atoms with Crippen LogP contribution in [0.25, 0.3) is 0 Å². The molecule has 0 aliphatic heterocycles. The van der Waals surface area contributed by atoms with Crippen molar-refractivity contribution >= 4 is 11.6 Å². The van der Waals surface area contributed by atoms with Gasteiger partial charge in [-0.15, -0.1) is 6.42 Å². The Hall–Kier alpha value is -1.95. The van der Waals surface area contributed by atoms with E-state index in [2.05, 4.69) is 5.92 Å². The van der Waals surface area contributed by atoms with Crippen LogP contribution in [0.4, 0.5) is 5.69 Å². The zero-order chi connectivity index (χ0) is 12.8. The molecule has 0 bridgehead atoms. The lowest BCUT2D eigenvalue weighted by molar-refractivity contribution is 0.0785. The van der Waals surface area contributed by atoms with Crippen molar-refractivity contribution in [1.29, 1.82) is 0 Å². The van der Waals surface area contributed by atoms with Crippen LogP contribution in [0.3, 0.4) is 0 Å². The number of hydrogen-bond acceptors (Lipinski definition) is 2. The van der Waals surface area contributed by atoms with Gasteiger partial charge in [-0.05, 0) is 31.2 Å². The van der Waals surface area contributed by atoms with E-state index >= 15 is 0 Å². The number of anilines is 1. The van der Waals surface area contributed by atoms with Crippen LogP contribution >= 0.6 is 0 Å². The van der Waals surface area contributed by atoms with Gasteiger partial charge >= 0.3 is 0 Å². The van der Waals surface area contributed by atoms with Crippen molar-refractivity contribution in [2.24, 2.45) is 0 Å². The maximum absolute atomic E-state index is 12.1. The van der Waals surface area contributed by atoms with Crippen LogP contribution in [0.15, 0.2) is 24.3 Å². The highest BCUT2D eigenvalue weighted by molar-refractivity contribution is 5.94. The highest BCUT2D eigenvalue weighted by Crippen LogP contribution is 2.13.